The highest BCUT2D eigenvalue weighted by molar-refractivity contribution is 7.80. The number of rotatable bonds is 4. The number of thiocarbonyl (C=S) groups is 1. The molecule has 28 heavy (non-hydrogen) atoms. The summed E-state index contributed by atoms with van der Waals surface area (Å²) in [4.78, 5) is 25.2. The molecule has 0 bridgehead atoms. The van der Waals surface area contributed by atoms with Crippen molar-refractivity contribution in [2.75, 3.05) is 5.32 Å². The van der Waals surface area contributed by atoms with Crippen LogP contribution in [0.4, 0.5) is 10.1 Å². The summed E-state index contributed by atoms with van der Waals surface area (Å²) in [5, 5.41) is 2.93. The van der Waals surface area contributed by atoms with Crippen molar-refractivity contribution in [3.8, 4) is 0 Å². The molecule has 0 spiro atoms. The van der Waals surface area contributed by atoms with Crippen LogP contribution in [-0.4, -0.2) is 16.8 Å². The van der Waals surface area contributed by atoms with Crippen LogP contribution < -0.4 is 16.2 Å². The number of halogens is 1. The molecule has 5 nitrogen and oxygen atoms in total. The van der Waals surface area contributed by atoms with Crippen molar-refractivity contribution in [2.24, 2.45) is 0 Å². The van der Waals surface area contributed by atoms with Gasteiger partial charge in [0.2, 0.25) is 0 Å². The molecule has 1 amide bonds. The van der Waals surface area contributed by atoms with E-state index < -0.39 is 5.91 Å². The Labute approximate surface area is 166 Å². The van der Waals surface area contributed by atoms with E-state index in [1.54, 1.807) is 48.5 Å². The smallest absolute Gasteiger partial charge is 0.270 e. The van der Waals surface area contributed by atoms with Gasteiger partial charge in [-0.3, -0.25) is 20.4 Å². The number of carbonyl (C=O) groups is 2. The summed E-state index contributed by atoms with van der Waals surface area (Å²) < 4.78 is 12.9. The first kappa shape index (κ1) is 19.2. The fourth-order valence-electron chi connectivity index (χ4n) is 2.50. The Balaban J connectivity index is 1.67. The number of anilines is 1. The lowest BCUT2D eigenvalue weighted by molar-refractivity contribution is 0.0933. The molecule has 0 aliphatic rings. The van der Waals surface area contributed by atoms with Crippen LogP contribution in [0.3, 0.4) is 0 Å². The second-order valence-electron chi connectivity index (χ2n) is 5.78. The summed E-state index contributed by atoms with van der Waals surface area (Å²) in [6, 6.07) is 20.8. The van der Waals surface area contributed by atoms with Gasteiger partial charge in [0.15, 0.2) is 10.9 Å². The van der Waals surface area contributed by atoms with Gasteiger partial charge < -0.3 is 5.32 Å². The van der Waals surface area contributed by atoms with E-state index in [1.807, 2.05) is 6.07 Å². The van der Waals surface area contributed by atoms with Gasteiger partial charge in [-0.15, -0.1) is 0 Å². The monoisotopic (exact) mass is 393 g/mol. The Kier molecular flexibility index (Phi) is 6.08. The van der Waals surface area contributed by atoms with Gasteiger partial charge in [0.25, 0.3) is 5.91 Å². The molecule has 0 saturated carbocycles. The standard InChI is InChI=1S/C21H16FN3O2S/c22-15-10-12-16(13-11-15)23-21(28)25-24-20(27)18-9-5-4-8-17(18)19(26)14-6-2-1-3-7-14/h1-13H,(H,24,27)(H2,23,25,28). The minimum atomic E-state index is -0.511. The van der Waals surface area contributed by atoms with E-state index in [0.717, 1.165) is 0 Å². The second-order valence-corrected chi connectivity index (χ2v) is 6.19. The quantitative estimate of drug-likeness (QED) is 0.358. The molecule has 3 rings (SSSR count). The average molecular weight is 393 g/mol. The fourth-order valence-corrected chi connectivity index (χ4v) is 2.67. The lowest BCUT2D eigenvalue weighted by atomic mass is 9.98. The number of hydrogen-bond donors (Lipinski definition) is 3. The van der Waals surface area contributed by atoms with Crippen LogP contribution >= 0.6 is 12.2 Å². The van der Waals surface area contributed by atoms with Crippen LogP contribution in [0.1, 0.15) is 26.3 Å². The van der Waals surface area contributed by atoms with Crippen LogP contribution in [0.5, 0.6) is 0 Å². The summed E-state index contributed by atoms with van der Waals surface area (Å²) >= 11 is 5.10. The zero-order chi connectivity index (χ0) is 19.9. The molecule has 7 heteroatoms. The molecule has 140 valence electrons. The Hall–Kier alpha value is -3.58. The summed E-state index contributed by atoms with van der Waals surface area (Å²) in [6.07, 6.45) is 0. The zero-order valence-electron chi connectivity index (χ0n) is 14.6. The predicted molar refractivity (Wildman–Crippen MR) is 110 cm³/mol. The second kappa shape index (κ2) is 8.88. The van der Waals surface area contributed by atoms with E-state index in [9.17, 15) is 14.0 Å². The van der Waals surface area contributed by atoms with Crippen molar-refractivity contribution in [1.82, 2.24) is 10.9 Å². The lowest BCUT2D eigenvalue weighted by Gasteiger charge is -2.13. The molecule has 0 saturated heterocycles. The predicted octanol–water partition coefficient (Wildman–Crippen LogP) is 3.69. The molecule has 0 fully saturated rings. The van der Waals surface area contributed by atoms with Crippen LogP contribution in [0.25, 0.3) is 0 Å². The molecule has 0 unspecified atom stereocenters. The summed E-state index contributed by atoms with van der Waals surface area (Å²) in [7, 11) is 0. The van der Waals surface area contributed by atoms with Gasteiger partial charge in [-0.1, -0.05) is 48.5 Å². The van der Waals surface area contributed by atoms with Crippen molar-refractivity contribution in [3.63, 3.8) is 0 Å². The van der Waals surface area contributed by atoms with Gasteiger partial charge in [-0.2, -0.15) is 0 Å². The fraction of sp³-hybridized carbons (Fsp3) is 0. The molecule has 0 heterocycles. The third kappa shape index (κ3) is 4.77. The number of carbonyl (C=O) groups excluding carboxylic acids is 2. The molecule has 0 atom stereocenters. The lowest BCUT2D eigenvalue weighted by Crippen LogP contribution is -2.44. The van der Waals surface area contributed by atoms with E-state index in [-0.39, 0.29) is 27.8 Å². The molecule has 0 aliphatic carbocycles. The van der Waals surface area contributed by atoms with Crippen molar-refractivity contribution >= 4 is 34.7 Å². The maximum absolute atomic E-state index is 12.9. The Morgan fingerprint density at radius 3 is 2.04 bits per heavy atom. The van der Waals surface area contributed by atoms with Crippen molar-refractivity contribution in [2.45, 2.75) is 0 Å². The zero-order valence-corrected chi connectivity index (χ0v) is 15.4. The topological polar surface area (TPSA) is 70.2 Å². The maximum Gasteiger partial charge on any atom is 0.270 e. The first-order valence-corrected chi connectivity index (χ1v) is 8.77. The normalized spacial score (nSPS) is 10.0. The van der Waals surface area contributed by atoms with Gasteiger partial charge >= 0.3 is 0 Å². The molecule has 0 aliphatic heterocycles. The van der Waals surface area contributed by atoms with Gasteiger partial charge in [0, 0.05) is 16.8 Å². The first-order valence-electron chi connectivity index (χ1n) is 8.36. The number of amides is 1. The van der Waals surface area contributed by atoms with E-state index >= 15 is 0 Å². The summed E-state index contributed by atoms with van der Waals surface area (Å²) in [5.74, 6) is -1.13. The molecule has 3 aromatic carbocycles. The minimum absolute atomic E-state index is 0.117. The number of hydrazine groups is 1. The van der Waals surface area contributed by atoms with Gasteiger partial charge in [0.1, 0.15) is 5.82 Å². The van der Waals surface area contributed by atoms with Crippen molar-refractivity contribution < 1.29 is 14.0 Å². The van der Waals surface area contributed by atoms with Gasteiger partial charge in [-0.25, -0.2) is 4.39 Å². The number of ketones is 1. The third-order valence-electron chi connectivity index (χ3n) is 3.84. The van der Waals surface area contributed by atoms with Gasteiger partial charge in [-0.05, 0) is 42.5 Å². The SMILES string of the molecule is O=C(NNC(=S)Nc1ccc(F)cc1)c1ccccc1C(=O)c1ccccc1. The third-order valence-corrected chi connectivity index (χ3v) is 4.05. The molecule has 0 aromatic heterocycles. The highest BCUT2D eigenvalue weighted by Gasteiger charge is 2.17. The van der Waals surface area contributed by atoms with Crippen LogP contribution in [0.2, 0.25) is 0 Å². The van der Waals surface area contributed by atoms with Crippen molar-refractivity contribution in [1.29, 1.82) is 0 Å². The average Bonchev–Trinajstić information content (AvgIpc) is 2.74. The van der Waals surface area contributed by atoms with Crippen molar-refractivity contribution in [3.05, 3.63) is 101 Å². The van der Waals surface area contributed by atoms with Crippen LogP contribution in [0, 0.1) is 5.82 Å². The molecule has 0 radical (unpaired) electrons. The van der Waals surface area contributed by atoms with E-state index in [2.05, 4.69) is 16.2 Å². The molecule has 3 aromatic rings. The molecular formula is C21H16FN3O2S. The number of nitrogens with one attached hydrogen (secondary N) is 3. The summed E-state index contributed by atoms with van der Waals surface area (Å²) in [6.45, 7) is 0. The Bertz CT molecular complexity index is 1010. The highest BCUT2D eigenvalue weighted by atomic mass is 32.1. The Morgan fingerprint density at radius 1 is 0.750 bits per heavy atom. The first-order chi connectivity index (χ1) is 13.5. The van der Waals surface area contributed by atoms with E-state index in [0.29, 0.717) is 11.3 Å². The maximum atomic E-state index is 12.9. The van der Waals surface area contributed by atoms with E-state index in [1.165, 1.54) is 24.3 Å². The minimum Gasteiger partial charge on any atom is -0.331 e. The Morgan fingerprint density at radius 2 is 1.36 bits per heavy atom. The summed E-state index contributed by atoms with van der Waals surface area (Å²) in [5.41, 5.74) is 6.58. The number of hydrogen-bond acceptors (Lipinski definition) is 3. The largest absolute Gasteiger partial charge is 0.331 e. The van der Waals surface area contributed by atoms with E-state index in [4.69, 9.17) is 12.2 Å². The van der Waals surface area contributed by atoms with Gasteiger partial charge in [0.05, 0.1) is 5.56 Å². The molecular weight excluding hydrogens is 377 g/mol. The molecule has 3 N–H and O–H groups in total. The van der Waals surface area contributed by atoms with Crippen LogP contribution in [-0.2, 0) is 0 Å². The number of benzene rings is 3. The highest BCUT2D eigenvalue weighted by Crippen LogP contribution is 2.14. The van der Waals surface area contributed by atoms with Crippen LogP contribution in [0.15, 0.2) is 78.9 Å².